The Morgan fingerprint density at radius 1 is 1.05 bits per heavy atom. The Morgan fingerprint density at radius 3 is 2.71 bits per heavy atom. The van der Waals surface area contributed by atoms with Crippen molar-refractivity contribution in [1.29, 1.82) is 0 Å². The summed E-state index contributed by atoms with van der Waals surface area (Å²) < 4.78 is 5.33. The minimum Gasteiger partial charge on any atom is -0.444 e. The van der Waals surface area contributed by atoms with Crippen molar-refractivity contribution in [3.63, 3.8) is 0 Å². The smallest absolute Gasteiger partial charge is 0.181 e. The Kier molecular flexibility index (Phi) is 3.73. The third-order valence-electron chi connectivity index (χ3n) is 3.65. The van der Waals surface area contributed by atoms with Crippen LogP contribution in [0.3, 0.4) is 0 Å². The van der Waals surface area contributed by atoms with Gasteiger partial charge in [0.1, 0.15) is 0 Å². The van der Waals surface area contributed by atoms with Crippen LogP contribution in [0.5, 0.6) is 0 Å². The molecular weight excluding hydrogens is 260 g/mol. The molecule has 1 heterocycles. The summed E-state index contributed by atoms with van der Waals surface area (Å²) in [7, 11) is 0. The first-order valence-corrected chi connectivity index (χ1v) is 7.01. The first-order chi connectivity index (χ1) is 10.2. The Hall–Kier alpha value is -2.55. The average Bonchev–Trinajstić information content (AvgIpc) is 3.03. The van der Waals surface area contributed by atoms with Crippen molar-refractivity contribution in [1.82, 2.24) is 4.98 Å². The molecule has 106 valence electrons. The number of anilines is 1. The van der Waals surface area contributed by atoms with Gasteiger partial charge in [0.2, 0.25) is 0 Å². The first kappa shape index (κ1) is 13.4. The predicted octanol–water partition coefficient (Wildman–Crippen LogP) is 4.57. The van der Waals surface area contributed by atoms with Crippen molar-refractivity contribution >= 4 is 5.69 Å². The van der Waals surface area contributed by atoms with E-state index in [-0.39, 0.29) is 0 Å². The summed E-state index contributed by atoms with van der Waals surface area (Å²) >= 11 is 0. The molecule has 0 amide bonds. The number of hydrogen-bond donors (Lipinski definition) is 1. The molecule has 0 aliphatic rings. The molecule has 0 fully saturated rings. The summed E-state index contributed by atoms with van der Waals surface area (Å²) in [6, 6.07) is 14.7. The Labute approximate surface area is 124 Å². The van der Waals surface area contributed by atoms with Gasteiger partial charge in [0.05, 0.1) is 6.20 Å². The number of oxazole rings is 1. The van der Waals surface area contributed by atoms with Gasteiger partial charge in [-0.3, -0.25) is 0 Å². The molecule has 0 saturated carbocycles. The molecule has 1 N–H and O–H groups in total. The second-order valence-corrected chi connectivity index (χ2v) is 5.22. The number of aryl methyl sites for hydroxylation is 2. The highest BCUT2D eigenvalue weighted by molar-refractivity contribution is 5.63. The highest BCUT2D eigenvalue weighted by Gasteiger charge is 2.02. The monoisotopic (exact) mass is 278 g/mol. The number of benzene rings is 2. The van der Waals surface area contributed by atoms with Gasteiger partial charge in [-0.2, -0.15) is 0 Å². The molecule has 0 atom stereocenters. The standard InChI is InChI=1S/C18H18N2O/c1-13-6-7-15(8-14(13)2)10-20-17-5-3-4-16(9-17)18-11-19-12-21-18/h3-9,11-12,20H,10H2,1-2H3. The third-order valence-corrected chi connectivity index (χ3v) is 3.65. The molecule has 0 unspecified atom stereocenters. The van der Waals surface area contributed by atoms with Crippen LogP contribution < -0.4 is 5.32 Å². The maximum atomic E-state index is 5.33. The molecule has 0 bridgehead atoms. The van der Waals surface area contributed by atoms with Crippen LogP contribution in [0.15, 0.2) is 59.5 Å². The quantitative estimate of drug-likeness (QED) is 0.759. The van der Waals surface area contributed by atoms with Crippen LogP contribution in [-0.2, 0) is 6.54 Å². The molecule has 3 aromatic rings. The van der Waals surface area contributed by atoms with Crippen LogP contribution in [0, 0.1) is 13.8 Å². The lowest BCUT2D eigenvalue weighted by Gasteiger charge is -2.09. The summed E-state index contributed by atoms with van der Waals surface area (Å²) in [6.45, 7) is 5.08. The molecule has 3 nitrogen and oxygen atoms in total. The second kappa shape index (κ2) is 5.83. The van der Waals surface area contributed by atoms with E-state index < -0.39 is 0 Å². The Balaban J connectivity index is 1.73. The lowest BCUT2D eigenvalue weighted by Crippen LogP contribution is -2.00. The van der Waals surface area contributed by atoms with E-state index in [9.17, 15) is 0 Å². The minimum absolute atomic E-state index is 0.782. The van der Waals surface area contributed by atoms with Crippen LogP contribution in [-0.4, -0.2) is 4.98 Å². The van der Waals surface area contributed by atoms with Crippen molar-refractivity contribution < 1.29 is 4.42 Å². The highest BCUT2D eigenvalue weighted by Crippen LogP contribution is 2.22. The van der Waals surface area contributed by atoms with Crippen molar-refractivity contribution in [3.8, 4) is 11.3 Å². The van der Waals surface area contributed by atoms with Crippen LogP contribution in [0.25, 0.3) is 11.3 Å². The zero-order chi connectivity index (χ0) is 14.7. The second-order valence-electron chi connectivity index (χ2n) is 5.22. The molecule has 0 saturated heterocycles. The lowest BCUT2D eigenvalue weighted by atomic mass is 10.1. The topological polar surface area (TPSA) is 38.1 Å². The molecular formula is C18H18N2O. The Morgan fingerprint density at radius 2 is 1.95 bits per heavy atom. The normalized spacial score (nSPS) is 10.6. The zero-order valence-corrected chi connectivity index (χ0v) is 12.3. The fourth-order valence-corrected chi connectivity index (χ4v) is 2.26. The van der Waals surface area contributed by atoms with Crippen LogP contribution in [0.4, 0.5) is 5.69 Å². The van der Waals surface area contributed by atoms with Crippen molar-refractivity contribution in [3.05, 3.63) is 71.7 Å². The third kappa shape index (κ3) is 3.14. The molecule has 0 aliphatic carbocycles. The summed E-state index contributed by atoms with van der Waals surface area (Å²) in [5.41, 5.74) is 6.03. The van der Waals surface area contributed by atoms with Gasteiger partial charge in [0, 0.05) is 17.8 Å². The van der Waals surface area contributed by atoms with Crippen LogP contribution >= 0.6 is 0 Å². The van der Waals surface area contributed by atoms with E-state index in [0.717, 1.165) is 23.6 Å². The van der Waals surface area contributed by atoms with Crippen LogP contribution in [0.2, 0.25) is 0 Å². The fraction of sp³-hybridized carbons (Fsp3) is 0.167. The SMILES string of the molecule is Cc1ccc(CNc2cccc(-c3cnco3)c2)cc1C. The largest absolute Gasteiger partial charge is 0.444 e. The van der Waals surface area contributed by atoms with E-state index in [1.54, 1.807) is 6.20 Å². The summed E-state index contributed by atoms with van der Waals surface area (Å²) in [6.07, 6.45) is 3.17. The molecule has 21 heavy (non-hydrogen) atoms. The van der Waals surface area contributed by atoms with Gasteiger partial charge in [0.25, 0.3) is 0 Å². The van der Waals surface area contributed by atoms with E-state index in [1.807, 2.05) is 12.1 Å². The summed E-state index contributed by atoms with van der Waals surface area (Å²) in [5, 5.41) is 3.45. The molecule has 3 heteroatoms. The highest BCUT2D eigenvalue weighted by atomic mass is 16.3. The van der Waals surface area contributed by atoms with Gasteiger partial charge in [0.15, 0.2) is 12.2 Å². The number of nitrogens with one attached hydrogen (secondary N) is 1. The van der Waals surface area contributed by atoms with E-state index in [1.165, 1.54) is 23.1 Å². The average molecular weight is 278 g/mol. The van der Waals surface area contributed by atoms with Crippen LogP contribution in [0.1, 0.15) is 16.7 Å². The summed E-state index contributed by atoms with van der Waals surface area (Å²) in [4.78, 5) is 3.95. The number of nitrogens with zero attached hydrogens (tertiary/aromatic N) is 1. The molecule has 1 aromatic heterocycles. The van der Waals surface area contributed by atoms with Crippen molar-refractivity contribution in [2.75, 3.05) is 5.32 Å². The molecule has 0 radical (unpaired) electrons. The summed E-state index contributed by atoms with van der Waals surface area (Å²) in [5.74, 6) is 0.782. The fourth-order valence-electron chi connectivity index (χ4n) is 2.26. The van der Waals surface area contributed by atoms with E-state index in [4.69, 9.17) is 4.42 Å². The first-order valence-electron chi connectivity index (χ1n) is 7.01. The molecule has 0 aliphatic heterocycles. The van der Waals surface area contributed by atoms with Crippen molar-refractivity contribution in [2.24, 2.45) is 0 Å². The number of aromatic nitrogens is 1. The van der Waals surface area contributed by atoms with Gasteiger partial charge >= 0.3 is 0 Å². The zero-order valence-electron chi connectivity index (χ0n) is 12.3. The maximum Gasteiger partial charge on any atom is 0.181 e. The predicted molar refractivity (Wildman–Crippen MR) is 85.2 cm³/mol. The van der Waals surface area contributed by atoms with E-state index >= 15 is 0 Å². The van der Waals surface area contributed by atoms with Gasteiger partial charge in [-0.25, -0.2) is 4.98 Å². The van der Waals surface area contributed by atoms with E-state index in [2.05, 4.69) is 54.5 Å². The molecule has 2 aromatic carbocycles. The Bertz CT molecular complexity index is 733. The molecule has 0 spiro atoms. The van der Waals surface area contributed by atoms with Gasteiger partial charge in [-0.15, -0.1) is 0 Å². The van der Waals surface area contributed by atoms with Gasteiger partial charge in [-0.1, -0.05) is 30.3 Å². The molecule has 3 rings (SSSR count). The van der Waals surface area contributed by atoms with Gasteiger partial charge in [-0.05, 0) is 42.7 Å². The number of rotatable bonds is 4. The number of hydrogen-bond acceptors (Lipinski definition) is 3. The minimum atomic E-state index is 0.782. The maximum absolute atomic E-state index is 5.33. The van der Waals surface area contributed by atoms with E-state index in [0.29, 0.717) is 0 Å². The van der Waals surface area contributed by atoms with Gasteiger partial charge < -0.3 is 9.73 Å². The van der Waals surface area contributed by atoms with Crippen molar-refractivity contribution in [2.45, 2.75) is 20.4 Å². The lowest BCUT2D eigenvalue weighted by molar-refractivity contribution is 0.572.